The third kappa shape index (κ3) is 6.64. The highest BCUT2D eigenvalue weighted by Gasteiger charge is 2.39. The van der Waals surface area contributed by atoms with E-state index in [9.17, 15) is 29.1 Å². The molecule has 8 N–H and O–H groups in total. The van der Waals surface area contributed by atoms with Gasteiger partial charge >= 0.3 is 11.9 Å². The van der Waals surface area contributed by atoms with Crippen LogP contribution in [0.1, 0.15) is 30.5 Å². The van der Waals surface area contributed by atoms with Crippen LogP contribution in [-0.2, 0) is 36.8 Å². The first kappa shape index (κ1) is 28.3. The molecule has 40 heavy (non-hydrogen) atoms. The first-order chi connectivity index (χ1) is 19.1. The van der Waals surface area contributed by atoms with Crippen molar-refractivity contribution in [2.24, 2.45) is 5.73 Å². The van der Waals surface area contributed by atoms with E-state index in [1.54, 1.807) is 6.20 Å². The number of carboxylic acid groups (broad SMARTS) is 2. The van der Waals surface area contributed by atoms with Gasteiger partial charge in [-0.1, -0.05) is 18.2 Å². The summed E-state index contributed by atoms with van der Waals surface area (Å²) >= 11 is 0. The van der Waals surface area contributed by atoms with Crippen LogP contribution in [-0.4, -0.2) is 90.4 Å². The van der Waals surface area contributed by atoms with Gasteiger partial charge in [0.2, 0.25) is 17.7 Å². The highest BCUT2D eigenvalue weighted by molar-refractivity contribution is 5.95. The molecule has 0 radical (unpaired) electrons. The molecule has 3 amide bonds. The zero-order valence-electron chi connectivity index (χ0n) is 21.5. The van der Waals surface area contributed by atoms with Gasteiger partial charge in [0.15, 0.2) is 0 Å². The van der Waals surface area contributed by atoms with Crippen molar-refractivity contribution >= 4 is 40.6 Å². The fourth-order valence-electron chi connectivity index (χ4n) is 4.87. The van der Waals surface area contributed by atoms with Crippen LogP contribution in [0.4, 0.5) is 0 Å². The van der Waals surface area contributed by atoms with Crippen LogP contribution in [0, 0.1) is 0 Å². The Bertz CT molecular complexity index is 1390. The lowest BCUT2D eigenvalue weighted by molar-refractivity contribution is -0.148. The molecule has 14 heteroatoms. The number of imidazole rings is 1. The normalized spacial score (nSPS) is 17.2. The van der Waals surface area contributed by atoms with Crippen molar-refractivity contribution in [2.75, 3.05) is 6.54 Å². The van der Waals surface area contributed by atoms with Crippen LogP contribution >= 0.6 is 0 Å². The fourth-order valence-corrected chi connectivity index (χ4v) is 4.87. The third-order valence-corrected chi connectivity index (χ3v) is 6.88. The van der Waals surface area contributed by atoms with Gasteiger partial charge in [-0.3, -0.25) is 19.2 Å². The van der Waals surface area contributed by atoms with Crippen LogP contribution < -0.4 is 16.4 Å². The van der Waals surface area contributed by atoms with Gasteiger partial charge in [-0.25, -0.2) is 9.78 Å². The van der Waals surface area contributed by atoms with Crippen molar-refractivity contribution in [3.8, 4) is 0 Å². The van der Waals surface area contributed by atoms with Gasteiger partial charge in [-0.05, 0) is 30.9 Å². The number of H-pyrrole nitrogens is 2. The quantitative estimate of drug-likeness (QED) is 0.154. The molecule has 0 saturated carbocycles. The van der Waals surface area contributed by atoms with E-state index in [1.165, 1.54) is 17.4 Å². The van der Waals surface area contributed by atoms with E-state index >= 15 is 0 Å². The number of aliphatic carboxylic acids is 2. The number of nitrogens with one attached hydrogen (secondary N) is 4. The molecule has 1 aliphatic heterocycles. The van der Waals surface area contributed by atoms with Crippen LogP contribution in [0.25, 0.3) is 10.9 Å². The highest BCUT2D eigenvalue weighted by Crippen LogP contribution is 2.21. The number of aromatic nitrogens is 3. The average Bonchev–Trinajstić information content (AvgIpc) is 3.69. The van der Waals surface area contributed by atoms with E-state index in [0.717, 1.165) is 16.5 Å². The maximum atomic E-state index is 13.7. The van der Waals surface area contributed by atoms with E-state index in [0.29, 0.717) is 12.1 Å². The lowest BCUT2D eigenvalue weighted by Gasteiger charge is -2.29. The summed E-state index contributed by atoms with van der Waals surface area (Å²) in [4.78, 5) is 73.5. The van der Waals surface area contributed by atoms with Crippen molar-refractivity contribution in [1.82, 2.24) is 30.5 Å². The Labute approximate surface area is 228 Å². The molecule has 14 nitrogen and oxygen atoms in total. The Morgan fingerprint density at radius 3 is 2.55 bits per heavy atom. The maximum absolute atomic E-state index is 13.7. The lowest BCUT2D eigenvalue weighted by Crippen LogP contribution is -2.57. The predicted molar refractivity (Wildman–Crippen MR) is 141 cm³/mol. The Kier molecular flexibility index (Phi) is 8.79. The van der Waals surface area contributed by atoms with Gasteiger partial charge in [0, 0.05) is 42.0 Å². The van der Waals surface area contributed by atoms with Crippen molar-refractivity contribution in [3.05, 3.63) is 54.2 Å². The number of carbonyl (C=O) groups excluding carboxylic acids is 3. The summed E-state index contributed by atoms with van der Waals surface area (Å²) in [6, 6.07) is 2.86. The molecule has 4 rings (SSSR count). The molecule has 3 heterocycles. The Morgan fingerprint density at radius 1 is 1.07 bits per heavy atom. The highest BCUT2D eigenvalue weighted by atomic mass is 16.4. The number of rotatable bonds is 12. The second-order valence-electron chi connectivity index (χ2n) is 9.70. The van der Waals surface area contributed by atoms with Crippen LogP contribution in [0.5, 0.6) is 0 Å². The number of likely N-dealkylation sites (tertiary alicyclic amines) is 1. The largest absolute Gasteiger partial charge is 0.481 e. The standard InChI is InChI=1S/C26H31N7O7/c27-17(8-14-11-29-18-5-2-1-4-16(14)18)23(36)31-19(9-15-12-28-13-30-15)25(38)33-7-3-6-21(33)24(37)32-20(26(39)40)10-22(34)35/h1-2,4-5,11-13,17,19-21,29H,3,6-10,27H2,(H,28,30)(H,31,36)(H,32,37)(H,34,35)(H,39,40). The van der Waals surface area contributed by atoms with Gasteiger partial charge in [0.25, 0.3) is 0 Å². The summed E-state index contributed by atoms with van der Waals surface area (Å²) in [5.74, 6) is -4.78. The average molecular weight is 554 g/mol. The van der Waals surface area contributed by atoms with E-state index < -0.39 is 60.2 Å². The summed E-state index contributed by atoms with van der Waals surface area (Å²) in [5.41, 5.74) is 8.55. The minimum absolute atomic E-state index is 0.0476. The zero-order valence-corrected chi connectivity index (χ0v) is 21.5. The molecule has 0 spiro atoms. The van der Waals surface area contributed by atoms with Gasteiger partial charge in [-0.2, -0.15) is 0 Å². The summed E-state index contributed by atoms with van der Waals surface area (Å²) in [5, 5.41) is 24.1. The number of carbonyl (C=O) groups is 5. The molecule has 0 aliphatic carbocycles. The number of hydrogen-bond donors (Lipinski definition) is 7. The Morgan fingerprint density at radius 2 is 1.85 bits per heavy atom. The van der Waals surface area contributed by atoms with Crippen LogP contribution in [0.15, 0.2) is 43.0 Å². The first-order valence-electron chi connectivity index (χ1n) is 12.8. The van der Waals surface area contributed by atoms with Gasteiger partial charge in [0.1, 0.15) is 18.1 Å². The van der Waals surface area contributed by atoms with E-state index in [1.807, 2.05) is 24.3 Å². The van der Waals surface area contributed by atoms with Crippen molar-refractivity contribution in [1.29, 1.82) is 0 Å². The molecule has 2 aromatic heterocycles. The topological polar surface area (TPSA) is 224 Å². The molecular weight excluding hydrogens is 522 g/mol. The predicted octanol–water partition coefficient (Wildman–Crippen LogP) is -0.477. The van der Waals surface area contributed by atoms with Crippen molar-refractivity contribution in [3.63, 3.8) is 0 Å². The summed E-state index contributed by atoms with van der Waals surface area (Å²) < 4.78 is 0. The van der Waals surface area contributed by atoms with Gasteiger partial charge < -0.3 is 41.4 Å². The molecule has 1 fully saturated rings. The van der Waals surface area contributed by atoms with Gasteiger partial charge in [-0.15, -0.1) is 0 Å². The van der Waals surface area contributed by atoms with E-state index in [-0.39, 0.29) is 25.8 Å². The molecule has 4 atom stereocenters. The molecule has 1 saturated heterocycles. The number of nitrogens with zero attached hydrogens (tertiary/aromatic N) is 2. The molecule has 4 unspecified atom stereocenters. The van der Waals surface area contributed by atoms with Crippen LogP contribution in [0.2, 0.25) is 0 Å². The number of carboxylic acids is 2. The van der Waals surface area contributed by atoms with E-state index in [4.69, 9.17) is 10.8 Å². The summed E-state index contributed by atoms with van der Waals surface area (Å²) in [6.45, 7) is 0.199. The molecule has 0 bridgehead atoms. The number of fused-ring (bicyclic) bond motifs is 1. The van der Waals surface area contributed by atoms with Crippen molar-refractivity contribution in [2.45, 2.75) is 56.3 Å². The maximum Gasteiger partial charge on any atom is 0.326 e. The smallest absolute Gasteiger partial charge is 0.326 e. The van der Waals surface area contributed by atoms with E-state index in [2.05, 4.69) is 25.6 Å². The lowest BCUT2D eigenvalue weighted by atomic mass is 10.0. The van der Waals surface area contributed by atoms with Gasteiger partial charge in [0.05, 0.1) is 18.8 Å². The number of amides is 3. The molecule has 212 valence electrons. The Hall–Kier alpha value is -4.72. The molecule has 1 aromatic carbocycles. The van der Waals surface area contributed by atoms with Crippen molar-refractivity contribution < 1.29 is 34.2 Å². The number of para-hydroxylation sites is 1. The minimum atomic E-state index is -1.65. The summed E-state index contributed by atoms with van der Waals surface area (Å²) in [7, 11) is 0. The first-order valence-corrected chi connectivity index (χ1v) is 12.8. The summed E-state index contributed by atoms with van der Waals surface area (Å²) in [6.07, 6.45) is 4.90. The SMILES string of the molecule is NC(Cc1c[nH]c2ccccc12)C(=O)NC(Cc1cnc[nH]1)C(=O)N1CCCC1C(=O)NC(CC(=O)O)C(=O)O. The van der Waals surface area contributed by atoms with Crippen LogP contribution in [0.3, 0.4) is 0 Å². The second-order valence-corrected chi connectivity index (χ2v) is 9.70. The number of nitrogens with two attached hydrogens (primary N) is 1. The molecular formula is C26H31N7O7. The fraction of sp³-hybridized carbons (Fsp3) is 0.385. The molecule has 1 aliphatic rings. The minimum Gasteiger partial charge on any atom is -0.481 e. The zero-order chi connectivity index (χ0) is 28.8. The number of benzene rings is 1. The monoisotopic (exact) mass is 553 g/mol. The number of aromatic amines is 2. The number of hydrogen-bond acceptors (Lipinski definition) is 7. The second kappa shape index (κ2) is 12.4. The Balaban J connectivity index is 1.48. The third-order valence-electron chi connectivity index (χ3n) is 6.88. The molecule has 3 aromatic rings.